The van der Waals surface area contributed by atoms with Crippen LogP contribution in [-0.4, -0.2) is 11.4 Å². The Balaban J connectivity index is 2.62. The molecule has 0 fully saturated rings. The molecular weight excluding hydrogens is 260 g/mol. The number of carbonyl (C=O) groups excluding carboxylic acids is 1. The molecule has 0 aliphatic rings. The van der Waals surface area contributed by atoms with E-state index in [0.717, 1.165) is 11.1 Å². The monoisotopic (exact) mass is 274 g/mol. The summed E-state index contributed by atoms with van der Waals surface area (Å²) in [6.45, 7) is 4.16. The van der Waals surface area contributed by atoms with Gasteiger partial charge in [0.1, 0.15) is 5.75 Å². The van der Waals surface area contributed by atoms with Gasteiger partial charge in [-0.2, -0.15) is 0 Å². The molecule has 2 aromatic carbocycles. The molecule has 98 valence electrons. The van der Waals surface area contributed by atoms with E-state index in [1.54, 1.807) is 24.3 Å². The fraction of sp³-hybridized carbons (Fsp3) is 0.188. The molecule has 0 aliphatic heterocycles. The van der Waals surface area contributed by atoms with Crippen LogP contribution in [0.2, 0.25) is 5.02 Å². The average molecular weight is 275 g/mol. The molecule has 2 aromatic rings. The Morgan fingerprint density at radius 3 is 2.58 bits per heavy atom. The SMILES string of the molecule is CC(C)c1cc(Cl)cc(-c2cccc(C=O)c2O)c1. The highest BCUT2D eigenvalue weighted by atomic mass is 35.5. The Bertz CT molecular complexity index is 618. The molecule has 0 saturated carbocycles. The van der Waals surface area contributed by atoms with E-state index in [4.69, 9.17) is 11.6 Å². The predicted octanol–water partition coefficient (Wildman–Crippen LogP) is 4.65. The summed E-state index contributed by atoms with van der Waals surface area (Å²) in [4.78, 5) is 10.9. The summed E-state index contributed by atoms with van der Waals surface area (Å²) in [6.07, 6.45) is 0.646. The molecule has 0 saturated heterocycles. The van der Waals surface area contributed by atoms with Crippen molar-refractivity contribution in [2.45, 2.75) is 19.8 Å². The summed E-state index contributed by atoms with van der Waals surface area (Å²) >= 11 is 6.12. The van der Waals surface area contributed by atoms with Gasteiger partial charge < -0.3 is 5.11 Å². The molecule has 0 aliphatic carbocycles. The van der Waals surface area contributed by atoms with Gasteiger partial charge in [0.2, 0.25) is 0 Å². The van der Waals surface area contributed by atoms with Crippen LogP contribution < -0.4 is 0 Å². The van der Waals surface area contributed by atoms with Crippen molar-refractivity contribution in [3.63, 3.8) is 0 Å². The maximum Gasteiger partial charge on any atom is 0.153 e. The molecule has 2 nitrogen and oxygen atoms in total. The van der Waals surface area contributed by atoms with Gasteiger partial charge in [-0.25, -0.2) is 0 Å². The second kappa shape index (κ2) is 5.45. The quantitative estimate of drug-likeness (QED) is 0.827. The molecule has 0 bridgehead atoms. The molecule has 0 atom stereocenters. The molecule has 0 unspecified atom stereocenters. The van der Waals surface area contributed by atoms with Crippen molar-refractivity contribution in [3.8, 4) is 16.9 Å². The summed E-state index contributed by atoms with van der Waals surface area (Å²) in [5.74, 6) is 0.336. The number of rotatable bonds is 3. The number of para-hydroxylation sites is 1. The van der Waals surface area contributed by atoms with Crippen molar-refractivity contribution in [1.82, 2.24) is 0 Å². The van der Waals surface area contributed by atoms with Crippen molar-refractivity contribution < 1.29 is 9.90 Å². The first-order valence-corrected chi connectivity index (χ1v) is 6.48. The first-order chi connectivity index (χ1) is 9.02. The van der Waals surface area contributed by atoms with Gasteiger partial charge in [-0.15, -0.1) is 0 Å². The minimum atomic E-state index is -0.00512. The van der Waals surface area contributed by atoms with Gasteiger partial charge in [-0.05, 0) is 35.2 Å². The van der Waals surface area contributed by atoms with Gasteiger partial charge in [-0.1, -0.05) is 43.6 Å². The first-order valence-electron chi connectivity index (χ1n) is 6.11. The standard InChI is InChI=1S/C16H15ClO2/c1-10(2)12-6-13(8-14(17)7-12)15-5-3-4-11(9-18)16(15)19/h3-10,19H,1-2H3. The second-order valence-corrected chi connectivity index (χ2v) is 5.23. The summed E-state index contributed by atoms with van der Waals surface area (Å²) in [5, 5.41) is 10.7. The van der Waals surface area contributed by atoms with Crippen LogP contribution in [-0.2, 0) is 0 Å². The molecule has 0 spiro atoms. The highest BCUT2D eigenvalue weighted by molar-refractivity contribution is 6.31. The van der Waals surface area contributed by atoms with E-state index in [9.17, 15) is 9.90 Å². The molecule has 3 heteroatoms. The van der Waals surface area contributed by atoms with Crippen LogP contribution in [0.4, 0.5) is 0 Å². The van der Waals surface area contributed by atoms with E-state index in [2.05, 4.69) is 13.8 Å². The van der Waals surface area contributed by atoms with E-state index in [0.29, 0.717) is 22.8 Å². The third-order valence-corrected chi connectivity index (χ3v) is 3.31. The van der Waals surface area contributed by atoms with Gasteiger partial charge in [0.15, 0.2) is 6.29 Å². The molecule has 0 radical (unpaired) electrons. The minimum Gasteiger partial charge on any atom is -0.507 e. The second-order valence-electron chi connectivity index (χ2n) is 4.79. The number of hydrogen-bond acceptors (Lipinski definition) is 2. The maximum atomic E-state index is 10.9. The number of aldehydes is 1. The largest absolute Gasteiger partial charge is 0.507 e. The molecule has 19 heavy (non-hydrogen) atoms. The lowest BCUT2D eigenvalue weighted by Gasteiger charge is -2.11. The van der Waals surface area contributed by atoms with E-state index >= 15 is 0 Å². The number of phenolic OH excluding ortho intramolecular Hbond substituents is 1. The Labute approximate surface area is 117 Å². The highest BCUT2D eigenvalue weighted by Crippen LogP contribution is 2.34. The number of carbonyl (C=O) groups is 1. The Hall–Kier alpha value is -1.80. The summed E-state index contributed by atoms with van der Waals surface area (Å²) in [5.41, 5.74) is 2.81. The van der Waals surface area contributed by atoms with E-state index < -0.39 is 0 Å². The normalized spacial score (nSPS) is 10.7. The van der Waals surface area contributed by atoms with Crippen LogP contribution in [0, 0.1) is 0 Å². The summed E-state index contributed by atoms with van der Waals surface area (Å²) in [7, 11) is 0. The zero-order chi connectivity index (χ0) is 14.0. The van der Waals surface area contributed by atoms with Gasteiger partial charge in [-0.3, -0.25) is 4.79 Å². The number of halogens is 1. The van der Waals surface area contributed by atoms with Crippen molar-refractivity contribution in [3.05, 3.63) is 52.5 Å². The number of aromatic hydroxyl groups is 1. The average Bonchev–Trinajstić information content (AvgIpc) is 2.38. The fourth-order valence-electron chi connectivity index (χ4n) is 1.99. The lowest BCUT2D eigenvalue weighted by molar-refractivity contribution is 0.112. The van der Waals surface area contributed by atoms with Crippen molar-refractivity contribution in [1.29, 1.82) is 0 Å². The lowest BCUT2D eigenvalue weighted by Crippen LogP contribution is -1.90. The Kier molecular flexibility index (Phi) is 3.91. The predicted molar refractivity (Wildman–Crippen MR) is 78.0 cm³/mol. The van der Waals surface area contributed by atoms with E-state index in [1.165, 1.54) is 0 Å². The zero-order valence-corrected chi connectivity index (χ0v) is 11.6. The van der Waals surface area contributed by atoms with Gasteiger partial charge >= 0.3 is 0 Å². The van der Waals surface area contributed by atoms with Crippen LogP contribution in [0.1, 0.15) is 35.7 Å². The van der Waals surface area contributed by atoms with Crippen LogP contribution in [0.5, 0.6) is 5.75 Å². The third kappa shape index (κ3) is 2.79. The number of hydrogen-bond donors (Lipinski definition) is 1. The van der Waals surface area contributed by atoms with Crippen molar-refractivity contribution in [2.75, 3.05) is 0 Å². The van der Waals surface area contributed by atoms with Gasteiger partial charge in [0.25, 0.3) is 0 Å². The van der Waals surface area contributed by atoms with E-state index in [1.807, 2.05) is 12.1 Å². The summed E-state index contributed by atoms with van der Waals surface area (Å²) in [6, 6.07) is 10.8. The van der Waals surface area contributed by atoms with Crippen molar-refractivity contribution in [2.24, 2.45) is 0 Å². The maximum absolute atomic E-state index is 10.9. The van der Waals surface area contributed by atoms with Crippen molar-refractivity contribution >= 4 is 17.9 Å². The van der Waals surface area contributed by atoms with Gasteiger partial charge in [0, 0.05) is 10.6 Å². The Morgan fingerprint density at radius 1 is 1.21 bits per heavy atom. The topological polar surface area (TPSA) is 37.3 Å². The molecular formula is C16H15ClO2. The molecule has 0 aromatic heterocycles. The molecule has 2 rings (SSSR count). The lowest BCUT2D eigenvalue weighted by atomic mass is 9.96. The van der Waals surface area contributed by atoms with Crippen LogP contribution >= 0.6 is 11.6 Å². The summed E-state index contributed by atoms with van der Waals surface area (Å²) < 4.78 is 0. The smallest absolute Gasteiger partial charge is 0.153 e. The number of phenols is 1. The molecule has 0 amide bonds. The van der Waals surface area contributed by atoms with Crippen LogP contribution in [0.3, 0.4) is 0 Å². The molecule has 1 N–H and O–H groups in total. The third-order valence-electron chi connectivity index (χ3n) is 3.09. The first kappa shape index (κ1) is 13.6. The van der Waals surface area contributed by atoms with Crippen LogP contribution in [0.15, 0.2) is 36.4 Å². The highest BCUT2D eigenvalue weighted by Gasteiger charge is 2.11. The molecule has 0 heterocycles. The van der Waals surface area contributed by atoms with Crippen LogP contribution in [0.25, 0.3) is 11.1 Å². The Morgan fingerprint density at radius 2 is 1.95 bits per heavy atom. The fourth-order valence-corrected chi connectivity index (χ4v) is 2.23. The van der Waals surface area contributed by atoms with Gasteiger partial charge in [0.05, 0.1) is 5.56 Å². The minimum absolute atomic E-state index is 0.00512. The van der Waals surface area contributed by atoms with E-state index in [-0.39, 0.29) is 11.3 Å². The number of benzene rings is 2. The zero-order valence-electron chi connectivity index (χ0n) is 10.9.